The number of rotatable bonds is 6. The molecule has 2 aromatic rings. The van der Waals surface area contributed by atoms with E-state index in [1.54, 1.807) is 0 Å². The van der Waals surface area contributed by atoms with Gasteiger partial charge in [0, 0.05) is 6.42 Å². The molecule has 10 heteroatoms. The second kappa shape index (κ2) is 7.28. The average Bonchev–Trinajstić information content (AvgIpc) is 3.16. The highest BCUT2D eigenvalue weighted by Gasteiger charge is 2.48. The first kappa shape index (κ1) is 17.5. The summed E-state index contributed by atoms with van der Waals surface area (Å²) in [6.45, 7) is 1.46. The number of imidazole rings is 1. The van der Waals surface area contributed by atoms with Crippen molar-refractivity contribution in [3.8, 4) is 0 Å². The molecule has 1 fully saturated rings. The number of esters is 1. The third-order valence-electron chi connectivity index (χ3n) is 4.11. The van der Waals surface area contributed by atoms with Crippen LogP contribution in [0.25, 0.3) is 11.2 Å². The van der Waals surface area contributed by atoms with Crippen LogP contribution in [0, 0.1) is 0 Å². The molecule has 0 aliphatic carbocycles. The van der Waals surface area contributed by atoms with Crippen LogP contribution in [0.1, 0.15) is 32.4 Å². The predicted octanol–water partition coefficient (Wildman–Crippen LogP) is 0.738. The maximum Gasteiger partial charge on any atom is 0.306 e. The number of fused-ring (bicyclic) bond motifs is 1. The number of hydrogen-bond acceptors (Lipinski definition) is 8. The monoisotopic (exact) mass is 353 g/mol. The van der Waals surface area contributed by atoms with Gasteiger partial charge in [-0.15, -0.1) is 0 Å². The molecule has 0 bridgehead atoms. The van der Waals surface area contributed by atoms with Gasteiger partial charge in [-0.3, -0.25) is 9.36 Å². The standard InChI is InChI=1S/C15H20FN5O4/c1-2-3-4-9(23)25-12-8(5-22)24-15(10(12)16)21-7-20-11-13(17)18-6-19-14(11)21/h6-8,10,12,15,22H,2-5H2,1H3,(H2,17,18,19)/t8-,10-,12-,15-/m1/s1. The molecular formula is C15H20FN5O4. The number of aliphatic hydroxyl groups excluding tert-OH is 1. The van der Waals surface area contributed by atoms with E-state index in [1.165, 1.54) is 17.2 Å². The van der Waals surface area contributed by atoms with E-state index in [1.807, 2.05) is 6.92 Å². The first-order chi connectivity index (χ1) is 12.1. The van der Waals surface area contributed by atoms with Crippen molar-refractivity contribution in [1.29, 1.82) is 0 Å². The third-order valence-corrected chi connectivity index (χ3v) is 4.11. The molecular weight excluding hydrogens is 333 g/mol. The number of nitrogens with two attached hydrogens (primary N) is 1. The number of halogens is 1. The molecule has 1 saturated heterocycles. The Balaban J connectivity index is 1.83. The molecule has 2 aromatic heterocycles. The summed E-state index contributed by atoms with van der Waals surface area (Å²) < 4.78 is 27.0. The summed E-state index contributed by atoms with van der Waals surface area (Å²) in [5.74, 6) is -0.349. The lowest BCUT2D eigenvalue weighted by Gasteiger charge is -2.18. The molecule has 25 heavy (non-hydrogen) atoms. The molecule has 4 atom stereocenters. The number of aliphatic hydroxyl groups is 1. The summed E-state index contributed by atoms with van der Waals surface area (Å²) in [7, 11) is 0. The molecule has 0 saturated carbocycles. The van der Waals surface area contributed by atoms with Crippen molar-refractivity contribution in [3.05, 3.63) is 12.7 Å². The number of ether oxygens (including phenoxy) is 2. The number of alkyl halides is 1. The molecule has 3 heterocycles. The molecule has 3 N–H and O–H groups in total. The van der Waals surface area contributed by atoms with Crippen LogP contribution in [0.3, 0.4) is 0 Å². The van der Waals surface area contributed by atoms with E-state index in [4.69, 9.17) is 15.2 Å². The zero-order valence-electron chi connectivity index (χ0n) is 13.7. The highest BCUT2D eigenvalue weighted by Crippen LogP contribution is 2.35. The van der Waals surface area contributed by atoms with E-state index < -0.39 is 37.2 Å². The fraction of sp³-hybridized carbons (Fsp3) is 0.600. The molecule has 0 spiro atoms. The second-order valence-corrected chi connectivity index (χ2v) is 5.83. The molecule has 3 rings (SSSR count). The van der Waals surface area contributed by atoms with Gasteiger partial charge in [-0.1, -0.05) is 13.3 Å². The Bertz CT molecular complexity index is 755. The van der Waals surface area contributed by atoms with Crippen LogP contribution in [0.2, 0.25) is 0 Å². The van der Waals surface area contributed by atoms with Crippen LogP contribution >= 0.6 is 0 Å². The summed E-state index contributed by atoms with van der Waals surface area (Å²) in [5.41, 5.74) is 6.35. The Hall–Kier alpha value is -2.33. The Morgan fingerprint density at radius 3 is 3.00 bits per heavy atom. The molecule has 0 aromatic carbocycles. The van der Waals surface area contributed by atoms with Crippen molar-refractivity contribution in [2.75, 3.05) is 12.3 Å². The maximum absolute atomic E-state index is 14.9. The summed E-state index contributed by atoms with van der Waals surface area (Å²) in [5, 5.41) is 9.46. The lowest BCUT2D eigenvalue weighted by Crippen LogP contribution is -2.35. The highest BCUT2D eigenvalue weighted by atomic mass is 19.1. The number of aromatic nitrogens is 4. The van der Waals surface area contributed by atoms with Gasteiger partial charge in [-0.05, 0) is 6.42 Å². The zero-order chi connectivity index (χ0) is 18.0. The van der Waals surface area contributed by atoms with Gasteiger partial charge in [0.15, 0.2) is 30.0 Å². The number of nitrogen functional groups attached to an aromatic ring is 1. The lowest BCUT2D eigenvalue weighted by atomic mass is 10.1. The molecule has 0 unspecified atom stereocenters. The summed E-state index contributed by atoms with van der Waals surface area (Å²) in [4.78, 5) is 23.8. The number of carbonyl (C=O) groups is 1. The smallest absolute Gasteiger partial charge is 0.306 e. The van der Waals surface area contributed by atoms with E-state index >= 15 is 0 Å². The minimum Gasteiger partial charge on any atom is -0.456 e. The molecule has 0 amide bonds. The Kier molecular flexibility index (Phi) is 5.09. The van der Waals surface area contributed by atoms with Crippen molar-refractivity contribution in [1.82, 2.24) is 19.5 Å². The highest BCUT2D eigenvalue weighted by molar-refractivity contribution is 5.81. The average molecular weight is 353 g/mol. The SMILES string of the molecule is CCCCC(=O)O[C@H]1[C@@H](F)[C@H](n2cnc3c(N)ncnc32)O[C@@H]1CO. The van der Waals surface area contributed by atoms with Crippen molar-refractivity contribution in [2.45, 2.75) is 50.8 Å². The van der Waals surface area contributed by atoms with E-state index in [0.29, 0.717) is 17.6 Å². The number of unbranched alkanes of at least 4 members (excludes halogenated alkanes) is 1. The zero-order valence-corrected chi connectivity index (χ0v) is 13.7. The largest absolute Gasteiger partial charge is 0.456 e. The van der Waals surface area contributed by atoms with Crippen molar-refractivity contribution >= 4 is 23.0 Å². The van der Waals surface area contributed by atoms with Gasteiger partial charge in [0.2, 0.25) is 0 Å². The lowest BCUT2D eigenvalue weighted by molar-refractivity contribution is -0.155. The third kappa shape index (κ3) is 3.27. The normalized spacial score (nSPS) is 26.2. The van der Waals surface area contributed by atoms with Gasteiger partial charge < -0.3 is 20.3 Å². The van der Waals surface area contributed by atoms with Crippen molar-refractivity contribution < 1.29 is 23.8 Å². The van der Waals surface area contributed by atoms with Crippen LogP contribution in [0.4, 0.5) is 10.2 Å². The molecule has 0 radical (unpaired) electrons. The van der Waals surface area contributed by atoms with Crippen molar-refractivity contribution in [2.24, 2.45) is 0 Å². The summed E-state index contributed by atoms with van der Waals surface area (Å²) in [6, 6.07) is 0. The van der Waals surface area contributed by atoms with Crippen molar-refractivity contribution in [3.63, 3.8) is 0 Å². The Morgan fingerprint density at radius 1 is 1.48 bits per heavy atom. The predicted molar refractivity (Wildman–Crippen MR) is 85.0 cm³/mol. The molecule has 1 aliphatic heterocycles. The topological polar surface area (TPSA) is 125 Å². The van der Waals surface area contributed by atoms with Gasteiger partial charge in [0.1, 0.15) is 17.9 Å². The number of hydrogen-bond donors (Lipinski definition) is 2. The van der Waals surface area contributed by atoms with Crippen LogP contribution in [-0.2, 0) is 14.3 Å². The first-order valence-corrected chi connectivity index (χ1v) is 8.09. The van der Waals surface area contributed by atoms with E-state index in [0.717, 1.165) is 6.42 Å². The molecule has 136 valence electrons. The molecule has 1 aliphatic rings. The van der Waals surface area contributed by atoms with Crippen LogP contribution in [0.15, 0.2) is 12.7 Å². The van der Waals surface area contributed by atoms with Gasteiger partial charge in [-0.25, -0.2) is 19.3 Å². The maximum atomic E-state index is 14.9. The second-order valence-electron chi connectivity index (χ2n) is 5.83. The van der Waals surface area contributed by atoms with E-state index in [9.17, 15) is 14.3 Å². The Labute approximate surface area is 143 Å². The number of anilines is 1. The minimum atomic E-state index is -1.68. The van der Waals surface area contributed by atoms with Gasteiger partial charge in [-0.2, -0.15) is 0 Å². The van der Waals surface area contributed by atoms with Crippen LogP contribution in [0.5, 0.6) is 0 Å². The number of carbonyl (C=O) groups excluding carboxylic acids is 1. The first-order valence-electron chi connectivity index (χ1n) is 8.09. The minimum absolute atomic E-state index is 0.165. The quantitative estimate of drug-likeness (QED) is 0.728. The number of nitrogens with zero attached hydrogens (tertiary/aromatic N) is 4. The Morgan fingerprint density at radius 2 is 2.28 bits per heavy atom. The summed E-state index contributed by atoms with van der Waals surface area (Å²) in [6.07, 6.45) is -0.746. The fourth-order valence-electron chi connectivity index (χ4n) is 2.79. The fourth-order valence-corrected chi connectivity index (χ4v) is 2.79. The van der Waals surface area contributed by atoms with Gasteiger partial charge in [0.25, 0.3) is 0 Å². The van der Waals surface area contributed by atoms with Crippen LogP contribution < -0.4 is 5.73 Å². The van der Waals surface area contributed by atoms with Gasteiger partial charge in [0.05, 0.1) is 12.9 Å². The van der Waals surface area contributed by atoms with E-state index in [-0.39, 0.29) is 12.2 Å². The van der Waals surface area contributed by atoms with Crippen LogP contribution in [-0.4, -0.2) is 55.6 Å². The van der Waals surface area contributed by atoms with E-state index in [2.05, 4.69) is 15.0 Å². The summed E-state index contributed by atoms with van der Waals surface area (Å²) >= 11 is 0. The molecule has 9 nitrogen and oxygen atoms in total. The van der Waals surface area contributed by atoms with Gasteiger partial charge >= 0.3 is 5.97 Å².